The Kier molecular flexibility index (Phi) is 3.79. The van der Waals surface area contributed by atoms with Crippen LogP contribution < -0.4 is 4.90 Å². The van der Waals surface area contributed by atoms with Crippen molar-refractivity contribution in [2.45, 2.75) is 64.8 Å². The van der Waals surface area contributed by atoms with Crippen molar-refractivity contribution in [1.29, 1.82) is 0 Å². The van der Waals surface area contributed by atoms with Crippen LogP contribution in [0.3, 0.4) is 0 Å². The molecule has 2 aliphatic heterocycles. The van der Waals surface area contributed by atoms with Crippen LogP contribution in [-0.2, 0) is 15.1 Å². The highest BCUT2D eigenvalue weighted by molar-refractivity contribution is 6.00. The van der Waals surface area contributed by atoms with E-state index in [-0.39, 0.29) is 5.78 Å². The van der Waals surface area contributed by atoms with Gasteiger partial charge in [-0.1, -0.05) is 6.07 Å². The smallest absolute Gasteiger partial charge is 0.164 e. The second-order valence-electron chi connectivity index (χ2n) is 8.80. The lowest BCUT2D eigenvalue weighted by Crippen LogP contribution is -2.36. The van der Waals surface area contributed by atoms with Crippen LogP contribution in [0.2, 0.25) is 0 Å². The zero-order valence-electron chi connectivity index (χ0n) is 15.9. The highest BCUT2D eigenvalue weighted by atomic mass is 16.8. The van der Waals surface area contributed by atoms with Gasteiger partial charge in [0, 0.05) is 24.3 Å². The van der Waals surface area contributed by atoms with E-state index in [1.165, 1.54) is 25.7 Å². The van der Waals surface area contributed by atoms with Gasteiger partial charge in [0.25, 0.3) is 0 Å². The number of Topliss-reactive ketones (excluding diaryl/α,β-unsaturated/α-hetero) is 1. The average molecular weight is 343 g/mol. The summed E-state index contributed by atoms with van der Waals surface area (Å²) in [4.78, 5) is 14.6. The van der Waals surface area contributed by atoms with E-state index in [2.05, 4.69) is 17.9 Å². The highest BCUT2D eigenvalue weighted by Crippen LogP contribution is 2.54. The molecule has 0 amide bonds. The minimum absolute atomic E-state index is 0.127. The summed E-state index contributed by atoms with van der Waals surface area (Å²) in [5.74, 6) is -0.445. The zero-order valence-corrected chi connectivity index (χ0v) is 15.9. The molecule has 0 bridgehead atoms. The fraction of sp³-hybridized carbons (Fsp3) is 0.667. The molecule has 4 nitrogen and oxygen atoms in total. The topological polar surface area (TPSA) is 38.8 Å². The van der Waals surface area contributed by atoms with Crippen LogP contribution in [0.1, 0.15) is 69.3 Å². The Balaban J connectivity index is 1.66. The maximum absolute atomic E-state index is 12.2. The van der Waals surface area contributed by atoms with Gasteiger partial charge in [-0.2, -0.15) is 0 Å². The molecule has 4 rings (SSSR count). The molecule has 2 saturated heterocycles. The first-order valence-electron chi connectivity index (χ1n) is 9.47. The maximum atomic E-state index is 12.2. The lowest BCUT2D eigenvalue weighted by molar-refractivity contribution is -0.159. The van der Waals surface area contributed by atoms with Gasteiger partial charge in [-0.25, -0.2) is 0 Å². The van der Waals surface area contributed by atoms with Gasteiger partial charge in [0.05, 0.1) is 6.61 Å². The van der Waals surface area contributed by atoms with Crippen LogP contribution in [0.25, 0.3) is 0 Å². The van der Waals surface area contributed by atoms with Gasteiger partial charge < -0.3 is 14.4 Å². The van der Waals surface area contributed by atoms with Crippen molar-refractivity contribution in [1.82, 2.24) is 0 Å². The van der Waals surface area contributed by atoms with E-state index in [0.29, 0.717) is 12.0 Å². The van der Waals surface area contributed by atoms with Gasteiger partial charge in [0.15, 0.2) is 11.6 Å². The SMILES string of the molecule is CC(=O)c1ccc(C2(C)COC(C)(C)O2)cc1N1CCC2(CC1)CC2. The Morgan fingerprint density at radius 2 is 1.76 bits per heavy atom. The lowest BCUT2D eigenvalue weighted by Gasteiger charge is -2.36. The summed E-state index contributed by atoms with van der Waals surface area (Å²) in [7, 11) is 0. The summed E-state index contributed by atoms with van der Waals surface area (Å²) in [6, 6.07) is 6.15. The molecule has 4 heteroatoms. The predicted molar refractivity (Wildman–Crippen MR) is 98.0 cm³/mol. The van der Waals surface area contributed by atoms with Crippen molar-refractivity contribution in [2.75, 3.05) is 24.6 Å². The minimum atomic E-state index is -0.572. The second kappa shape index (κ2) is 5.55. The largest absolute Gasteiger partial charge is 0.371 e. The van der Waals surface area contributed by atoms with E-state index in [1.807, 2.05) is 26.0 Å². The quantitative estimate of drug-likeness (QED) is 0.769. The summed E-state index contributed by atoms with van der Waals surface area (Å²) in [6.45, 7) is 10.2. The van der Waals surface area contributed by atoms with Crippen molar-refractivity contribution in [2.24, 2.45) is 5.41 Å². The number of ketones is 1. The Morgan fingerprint density at radius 3 is 2.28 bits per heavy atom. The first-order chi connectivity index (χ1) is 11.7. The molecule has 1 aromatic carbocycles. The summed E-state index contributed by atoms with van der Waals surface area (Å²) in [5, 5.41) is 0. The minimum Gasteiger partial charge on any atom is -0.371 e. The number of carbonyl (C=O) groups excluding carboxylic acids is 1. The Bertz CT molecular complexity index is 697. The third-order valence-corrected chi connectivity index (χ3v) is 6.28. The molecule has 136 valence electrons. The Hall–Kier alpha value is -1.39. The van der Waals surface area contributed by atoms with E-state index in [9.17, 15) is 4.79 Å². The van der Waals surface area contributed by atoms with Crippen molar-refractivity contribution >= 4 is 11.5 Å². The van der Waals surface area contributed by atoms with Gasteiger partial charge >= 0.3 is 0 Å². The molecule has 1 aliphatic carbocycles. The van der Waals surface area contributed by atoms with Crippen LogP contribution in [-0.4, -0.2) is 31.3 Å². The number of hydrogen-bond donors (Lipinski definition) is 0. The fourth-order valence-corrected chi connectivity index (χ4v) is 4.37. The van der Waals surface area contributed by atoms with Crippen molar-refractivity contribution < 1.29 is 14.3 Å². The predicted octanol–water partition coefficient (Wildman–Crippen LogP) is 4.27. The fourth-order valence-electron chi connectivity index (χ4n) is 4.37. The van der Waals surface area contributed by atoms with Crippen LogP contribution in [0.15, 0.2) is 18.2 Å². The van der Waals surface area contributed by atoms with Crippen LogP contribution in [0, 0.1) is 5.41 Å². The number of rotatable bonds is 3. The molecule has 0 aromatic heterocycles. The molecule has 0 radical (unpaired) electrons. The van der Waals surface area contributed by atoms with Crippen LogP contribution in [0.5, 0.6) is 0 Å². The van der Waals surface area contributed by atoms with E-state index in [0.717, 1.165) is 29.9 Å². The number of piperidine rings is 1. The summed E-state index contributed by atoms with van der Waals surface area (Å²) >= 11 is 0. The molecule has 3 aliphatic rings. The number of carbonyl (C=O) groups is 1. The van der Waals surface area contributed by atoms with Crippen molar-refractivity contribution in [3.63, 3.8) is 0 Å². The van der Waals surface area contributed by atoms with Gasteiger partial charge in [-0.15, -0.1) is 0 Å². The summed E-state index contributed by atoms with van der Waals surface area (Å²) in [6.07, 6.45) is 5.27. The standard InChI is InChI=1S/C21H29NO3/c1-15(23)17-6-5-16(20(4)14-24-19(2,3)25-20)13-18(17)22-11-9-21(7-8-21)10-12-22/h5-6,13H,7-12,14H2,1-4H3. The van der Waals surface area contributed by atoms with Gasteiger partial charge in [0.2, 0.25) is 0 Å². The molecular weight excluding hydrogens is 314 g/mol. The molecule has 0 N–H and O–H groups in total. The van der Waals surface area contributed by atoms with Crippen LogP contribution >= 0.6 is 0 Å². The van der Waals surface area contributed by atoms with Crippen molar-refractivity contribution in [3.05, 3.63) is 29.3 Å². The number of anilines is 1. The van der Waals surface area contributed by atoms with E-state index in [4.69, 9.17) is 9.47 Å². The Morgan fingerprint density at radius 1 is 1.08 bits per heavy atom. The number of hydrogen-bond acceptors (Lipinski definition) is 4. The third-order valence-electron chi connectivity index (χ3n) is 6.28. The molecule has 1 saturated carbocycles. The molecule has 1 atom stereocenters. The van der Waals surface area contributed by atoms with Gasteiger partial charge in [-0.3, -0.25) is 4.79 Å². The molecule has 3 fully saturated rings. The zero-order chi connectivity index (χ0) is 17.9. The Labute approximate surface area is 150 Å². The van der Waals surface area contributed by atoms with Crippen LogP contribution in [0.4, 0.5) is 5.69 Å². The first kappa shape index (κ1) is 17.0. The number of ether oxygens (including phenoxy) is 2. The van der Waals surface area contributed by atoms with Gasteiger partial charge in [0.1, 0.15) is 5.60 Å². The molecule has 1 unspecified atom stereocenters. The first-order valence-corrected chi connectivity index (χ1v) is 9.47. The molecular formula is C21H29NO3. The van der Waals surface area contributed by atoms with Gasteiger partial charge in [-0.05, 0) is 76.5 Å². The molecule has 1 spiro atoms. The second-order valence-corrected chi connectivity index (χ2v) is 8.80. The summed E-state index contributed by atoms with van der Waals surface area (Å²) < 4.78 is 12.0. The van der Waals surface area contributed by atoms with E-state index in [1.54, 1.807) is 6.92 Å². The normalized spacial score (nSPS) is 29.8. The highest BCUT2D eigenvalue weighted by Gasteiger charge is 2.46. The molecule has 25 heavy (non-hydrogen) atoms. The average Bonchev–Trinajstić information content (AvgIpc) is 3.24. The van der Waals surface area contributed by atoms with E-state index < -0.39 is 11.4 Å². The third kappa shape index (κ3) is 3.11. The number of benzene rings is 1. The van der Waals surface area contributed by atoms with Crippen molar-refractivity contribution in [3.8, 4) is 0 Å². The van der Waals surface area contributed by atoms with E-state index >= 15 is 0 Å². The monoisotopic (exact) mass is 343 g/mol. The molecule has 2 heterocycles. The lowest BCUT2D eigenvalue weighted by atomic mass is 9.90. The summed E-state index contributed by atoms with van der Waals surface area (Å²) in [5.41, 5.74) is 3.13. The maximum Gasteiger partial charge on any atom is 0.164 e. The number of nitrogens with zero attached hydrogens (tertiary/aromatic N) is 1. The molecule has 1 aromatic rings.